The van der Waals surface area contributed by atoms with E-state index in [1.54, 1.807) is 12.1 Å². The van der Waals surface area contributed by atoms with Crippen LogP contribution in [0.1, 0.15) is 30.9 Å². The van der Waals surface area contributed by atoms with Crippen molar-refractivity contribution >= 4 is 5.91 Å². The predicted molar refractivity (Wildman–Crippen MR) is 74.6 cm³/mol. The first-order valence-corrected chi connectivity index (χ1v) is 7.06. The molecule has 0 radical (unpaired) electrons. The standard InChI is InChI=1S/C15H21FN2O2/c16-13-4-2-1-3-12(13)14(19)10-18-15(20)9-11-5-7-17-8-6-11/h1-4,11,14,17,19H,5-10H2,(H,18,20). The summed E-state index contributed by atoms with van der Waals surface area (Å²) in [7, 11) is 0. The van der Waals surface area contributed by atoms with Crippen molar-refractivity contribution in [2.24, 2.45) is 5.92 Å². The molecule has 0 aromatic heterocycles. The van der Waals surface area contributed by atoms with E-state index in [2.05, 4.69) is 10.6 Å². The Kier molecular flexibility index (Phi) is 5.49. The zero-order valence-corrected chi connectivity index (χ0v) is 11.4. The number of aliphatic hydroxyl groups is 1. The molecule has 1 fully saturated rings. The fourth-order valence-electron chi connectivity index (χ4n) is 2.49. The highest BCUT2D eigenvalue weighted by Gasteiger charge is 2.18. The van der Waals surface area contributed by atoms with Crippen LogP contribution in [-0.2, 0) is 4.79 Å². The highest BCUT2D eigenvalue weighted by Crippen LogP contribution is 2.17. The van der Waals surface area contributed by atoms with Crippen molar-refractivity contribution in [3.05, 3.63) is 35.6 Å². The molecule has 1 saturated heterocycles. The van der Waals surface area contributed by atoms with Gasteiger partial charge in [0.05, 0.1) is 6.10 Å². The predicted octanol–water partition coefficient (Wildman–Crippen LogP) is 1.36. The van der Waals surface area contributed by atoms with Crippen LogP contribution in [0.2, 0.25) is 0 Å². The van der Waals surface area contributed by atoms with Gasteiger partial charge in [-0.2, -0.15) is 0 Å². The molecule has 1 aliphatic heterocycles. The van der Waals surface area contributed by atoms with E-state index in [0.29, 0.717) is 12.3 Å². The fraction of sp³-hybridized carbons (Fsp3) is 0.533. The maximum atomic E-state index is 13.5. The van der Waals surface area contributed by atoms with E-state index in [9.17, 15) is 14.3 Å². The van der Waals surface area contributed by atoms with Crippen LogP contribution in [-0.4, -0.2) is 30.6 Å². The molecule has 110 valence electrons. The van der Waals surface area contributed by atoms with Gasteiger partial charge in [0.2, 0.25) is 5.91 Å². The van der Waals surface area contributed by atoms with Crippen molar-refractivity contribution in [2.75, 3.05) is 19.6 Å². The average molecular weight is 280 g/mol. The van der Waals surface area contributed by atoms with E-state index in [1.807, 2.05) is 0 Å². The van der Waals surface area contributed by atoms with Gasteiger partial charge in [-0.25, -0.2) is 4.39 Å². The number of halogens is 1. The smallest absolute Gasteiger partial charge is 0.220 e. The molecular weight excluding hydrogens is 259 g/mol. The second kappa shape index (κ2) is 7.36. The third-order valence-corrected chi connectivity index (χ3v) is 3.69. The van der Waals surface area contributed by atoms with Crippen molar-refractivity contribution in [2.45, 2.75) is 25.4 Å². The zero-order valence-electron chi connectivity index (χ0n) is 11.4. The molecule has 0 bridgehead atoms. The molecule has 1 heterocycles. The number of amides is 1. The van der Waals surface area contributed by atoms with Crippen LogP contribution in [0, 0.1) is 11.7 Å². The summed E-state index contributed by atoms with van der Waals surface area (Å²) in [5.74, 6) is -0.123. The molecular formula is C15H21FN2O2. The van der Waals surface area contributed by atoms with E-state index in [0.717, 1.165) is 25.9 Å². The number of hydrogen-bond acceptors (Lipinski definition) is 3. The number of hydrogen-bond donors (Lipinski definition) is 3. The quantitative estimate of drug-likeness (QED) is 0.763. The normalized spacial score (nSPS) is 17.7. The number of benzene rings is 1. The number of carbonyl (C=O) groups is 1. The molecule has 3 N–H and O–H groups in total. The number of aliphatic hydroxyl groups excluding tert-OH is 1. The van der Waals surface area contributed by atoms with Gasteiger partial charge < -0.3 is 15.7 Å². The Labute approximate surface area is 118 Å². The molecule has 1 aromatic carbocycles. The van der Waals surface area contributed by atoms with Gasteiger partial charge in [-0.05, 0) is 37.9 Å². The Balaban J connectivity index is 1.76. The van der Waals surface area contributed by atoms with Crippen LogP contribution in [0.25, 0.3) is 0 Å². The summed E-state index contributed by atoms with van der Waals surface area (Å²) < 4.78 is 13.5. The van der Waals surface area contributed by atoms with Crippen molar-refractivity contribution in [3.8, 4) is 0 Å². The van der Waals surface area contributed by atoms with Crippen LogP contribution in [0.4, 0.5) is 4.39 Å². The van der Waals surface area contributed by atoms with Crippen LogP contribution in [0.5, 0.6) is 0 Å². The van der Waals surface area contributed by atoms with Gasteiger partial charge in [-0.1, -0.05) is 18.2 Å². The number of nitrogens with one attached hydrogen (secondary N) is 2. The largest absolute Gasteiger partial charge is 0.386 e. The minimum atomic E-state index is -1.01. The van der Waals surface area contributed by atoms with E-state index in [-0.39, 0.29) is 18.0 Å². The van der Waals surface area contributed by atoms with Gasteiger partial charge in [0.25, 0.3) is 0 Å². The highest BCUT2D eigenvalue weighted by molar-refractivity contribution is 5.76. The van der Waals surface area contributed by atoms with Crippen LogP contribution >= 0.6 is 0 Å². The maximum Gasteiger partial charge on any atom is 0.220 e. The first-order valence-electron chi connectivity index (χ1n) is 7.06. The first kappa shape index (κ1) is 14.9. The lowest BCUT2D eigenvalue weighted by Gasteiger charge is -2.22. The lowest BCUT2D eigenvalue weighted by molar-refractivity contribution is -0.122. The Hall–Kier alpha value is -1.46. The molecule has 1 unspecified atom stereocenters. The van der Waals surface area contributed by atoms with Crippen LogP contribution in [0.3, 0.4) is 0 Å². The van der Waals surface area contributed by atoms with Gasteiger partial charge >= 0.3 is 0 Å². The van der Waals surface area contributed by atoms with Crippen LogP contribution < -0.4 is 10.6 Å². The van der Waals surface area contributed by atoms with Crippen molar-refractivity contribution in [1.82, 2.24) is 10.6 Å². The second-order valence-electron chi connectivity index (χ2n) is 5.24. The molecule has 1 aliphatic rings. The van der Waals surface area contributed by atoms with E-state index in [4.69, 9.17) is 0 Å². The molecule has 2 rings (SSSR count). The number of rotatable bonds is 5. The molecule has 0 aliphatic carbocycles. The molecule has 1 aromatic rings. The molecule has 20 heavy (non-hydrogen) atoms. The van der Waals surface area contributed by atoms with E-state index < -0.39 is 11.9 Å². The van der Waals surface area contributed by atoms with Gasteiger partial charge in [0, 0.05) is 18.5 Å². The minimum absolute atomic E-state index is 0.0464. The van der Waals surface area contributed by atoms with Gasteiger partial charge in [0.1, 0.15) is 5.82 Å². The van der Waals surface area contributed by atoms with E-state index >= 15 is 0 Å². The molecule has 4 nitrogen and oxygen atoms in total. The summed E-state index contributed by atoms with van der Waals surface area (Å²) in [6.07, 6.45) is 1.48. The maximum absolute atomic E-state index is 13.5. The lowest BCUT2D eigenvalue weighted by atomic mass is 9.94. The van der Waals surface area contributed by atoms with Gasteiger partial charge in [-0.15, -0.1) is 0 Å². The Bertz CT molecular complexity index is 447. The van der Waals surface area contributed by atoms with Crippen molar-refractivity contribution in [1.29, 1.82) is 0 Å². The molecule has 1 atom stereocenters. The Morgan fingerprint density at radius 2 is 2.10 bits per heavy atom. The lowest BCUT2D eigenvalue weighted by Crippen LogP contribution is -2.34. The fourth-order valence-corrected chi connectivity index (χ4v) is 2.49. The third kappa shape index (κ3) is 4.28. The summed E-state index contributed by atoms with van der Waals surface area (Å²) in [6, 6.07) is 6.06. The molecule has 1 amide bonds. The highest BCUT2D eigenvalue weighted by atomic mass is 19.1. The van der Waals surface area contributed by atoms with E-state index in [1.165, 1.54) is 12.1 Å². The first-order chi connectivity index (χ1) is 9.66. The monoisotopic (exact) mass is 280 g/mol. The zero-order chi connectivity index (χ0) is 14.4. The van der Waals surface area contributed by atoms with Gasteiger partial charge in [-0.3, -0.25) is 4.79 Å². The van der Waals surface area contributed by atoms with Crippen molar-refractivity contribution < 1.29 is 14.3 Å². The van der Waals surface area contributed by atoms with Crippen molar-refractivity contribution in [3.63, 3.8) is 0 Å². The summed E-state index contributed by atoms with van der Waals surface area (Å²) in [5, 5.41) is 15.8. The second-order valence-corrected chi connectivity index (χ2v) is 5.24. The number of carbonyl (C=O) groups excluding carboxylic acids is 1. The SMILES string of the molecule is O=C(CC1CCNCC1)NCC(O)c1ccccc1F. The summed E-state index contributed by atoms with van der Waals surface area (Å²) >= 11 is 0. The average Bonchev–Trinajstić information content (AvgIpc) is 2.46. The van der Waals surface area contributed by atoms with Crippen LogP contribution in [0.15, 0.2) is 24.3 Å². The number of piperidine rings is 1. The summed E-state index contributed by atoms with van der Waals surface area (Å²) in [4.78, 5) is 11.8. The molecule has 0 saturated carbocycles. The topological polar surface area (TPSA) is 61.4 Å². The summed E-state index contributed by atoms with van der Waals surface area (Å²) in [6.45, 7) is 1.95. The third-order valence-electron chi connectivity index (χ3n) is 3.69. The molecule has 5 heteroatoms. The minimum Gasteiger partial charge on any atom is -0.386 e. The Morgan fingerprint density at radius 3 is 2.80 bits per heavy atom. The summed E-state index contributed by atoms with van der Waals surface area (Å²) in [5.41, 5.74) is 0.217. The van der Waals surface area contributed by atoms with Gasteiger partial charge in [0.15, 0.2) is 0 Å². The Morgan fingerprint density at radius 1 is 1.40 bits per heavy atom. The molecule has 0 spiro atoms.